The zero-order valence-corrected chi connectivity index (χ0v) is 11.8. The smallest absolute Gasteiger partial charge is 0.371 e. The van der Waals surface area contributed by atoms with Crippen LogP contribution in [0, 0.1) is 5.92 Å². The molecule has 0 amide bonds. The van der Waals surface area contributed by atoms with Crippen molar-refractivity contribution in [3.05, 3.63) is 0 Å². The van der Waals surface area contributed by atoms with Gasteiger partial charge in [0.2, 0.25) is 0 Å². The normalized spacial score (nSPS) is 28.9. The van der Waals surface area contributed by atoms with Crippen LogP contribution in [0.1, 0.15) is 32.6 Å². The number of alkyl halides is 3. The molecule has 114 valence electrons. The number of nitrogens with two attached hydrogens (primary N) is 1. The Morgan fingerprint density at radius 1 is 1.32 bits per heavy atom. The van der Waals surface area contributed by atoms with Crippen LogP contribution in [0.2, 0.25) is 0 Å². The SMILES string of the molecule is CC1CCC(CN)(N(C)CCOCC(F)(F)F)CC1. The minimum absolute atomic E-state index is 0.0614. The Kier molecular flexibility index (Phi) is 6.08. The van der Waals surface area contributed by atoms with Gasteiger partial charge < -0.3 is 10.5 Å². The van der Waals surface area contributed by atoms with Crippen molar-refractivity contribution in [3.63, 3.8) is 0 Å². The van der Waals surface area contributed by atoms with Crippen LogP contribution in [0.3, 0.4) is 0 Å². The Morgan fingerprint density at radius 2 is 1.89 bits per heavy atom. The molecule has 19 heavy (non-hydrogen) atoms. The highest BCUT2D eigenvalue weighted by Crippen LogP contribution is 2.34. The van der Waals surface area contributed by atoms with Crippen molar-refractivity contribution >= 4 is 0 Å². The summed E-state index contributed by atoms with van der Waals surface area (Å²) >= 11 is 0. The fraction of sp³-hybridized carbons (Fsp3) is 1.00. The van der Waals surface area contributed by atoms with Crippen LogP contribution in [0.4, 0.5) is 13.2 Å². The summed E-state index contributed by atoms with van der Waals surface area (Å²) in [5, 5.41) is 0. The molecule has 0 radical (unpaired) electrons. The van der Waals surface area contributed by atoms with Crippen LogP contribution in [0.25, 0.3) is 0 Å². The van der Waals surface area contributed by atoms with Gasteiger partial charge in [-0.1, -0.05) is 6.92 Å². The van der Waals surface area contributed by atoms with E-state index in [0.717, 1.165) is 31.6 Å². The van der Waals surface area contributed by atoms with Gasteiger partial charge in [-0.3, -0.25) is 4.90 Å². The average molecular weight is 282 g/mol. The van der Waals surface area contributed by atoms with E-state index in [2.05, 4.69) is 16.6 Å². The lowest BCUT2D eigenvalue weighted by molar-refractivity contribution is -0.175. The molecule has 0 aromatic carbocycles. The second-order valence-electron chi connectivity index (χ2n) is 5.70. The largest absolute Gasteiger partial charge is 0.411 e. The van der Waals surface area contributed by atoms with E-state index >= 15 is 0 Å². The van der Waals surface area contributed by atoms with Gasteiger partial charge in [0, 0.05) is 18.6 Å². The Morgan fingerprint density at radius 3 is 2.37 bits per heavy atom. The van der Waals surface area contributed by atoms with Gasteiger partial charge in [0.1, 0.15) is 6.61 Å². The van der Waals surface area contributed by atoms with Gasteiger partial charge >= 0.3 is 6.18 Å². The molecule has 0 aromatic rings. The zero-order valence-electron chi connectivity index (χ0n) is 11.8. The number of hydrogen-bond donors (Lipinski definition) is 1. The average Bonchev–Trinajstić information content (AvgIpc) is 2.34. The Bertz CT molecular complexity index is 263. The van der Waals surface area contributed by atoms with Crippen molar-refractivity contribution in [1.82, 2.24) is 4.90 Å². The van der Waals surface area contributed by atoms with Crippen molar-refractivity contribution < 1.29 is 17.9 Å². The summed E-state index contributed by atoms with van der Waals surface area (Å²) in [4.78, 5) is 2.08. The van der Waals surface area contributed by atoms with Crippen molar-refractivity contribution in [2.24, 2.45) is 11.7 Å². The van der Waals surface area contributed by atoms with Gasteiger partial charge in [-0.2, -0.15) is 13.2 Å². The topological polar surface area (TPSA) is 38.5 Å². The maximum Gasteiger partial charge on any atom is 0.411 e. The summed E-state index contributed by atoms with van der Waals surface area (Å²) in [5.74, 6) is 0.717. The van der Waals surface area contributed by atoms with Gasteiger partial charge in [0.05, 0.1) is 6.61 Å². The predicted octanol–water partition coefficient (Wildman–Crippen LogP) is 2.40. The van der Waals surface area contributed by atoms with Crippen LogP contribution in [0.15, 0.2) is 0 Å². The predicted molar refractivity (Wildman–Crippen MR) is 68.9 cm³/mol. The van der Waals surface area contributed by atoms with Crippen molar-refractivity contribution in [1.29, 1.82) is 0 Å². The van der Waals surface area contributed by atoms with Gasteiger partial charge in [0.25, 0.3) is 0 Å². The molecule has 1 aliphatic carbocycles. The minimum Gasteiger partial charge on any atom is -0.371 e. The first-order chi connectivity index (χ1) is 8.79. The van der Waals surface area contributed by atoms with Crippen LogP contribution in [0.5, 0.6) is 0 Å². The molecule has 3 nitrogen and oxygen atoms in total. The maximum atomic E-state index is 12.0. The van der Waals surface area contributed by atoms with Crippen molar-refractivity contribution in [2.75, 3.05) is 33.4 Å². The molecule has 0 heterocycles. The summed E-state index contributed by atoms with van der Waals surface area (Å²) in [6.07, 6.45) is 0.0428. The molecule has 1 rings (SSSR count). The highest BCUT2D eigenvalue weighted by atomic mass is 19.4. The number of ether oxygens (including phenoxy) is 1. The van der Waals surface area contributed by atoms with Gasteiger partial charge in [-0.05, 0) is 38.6 Å². The first-order valence-corrected chi connectivity index (χ1v) is 6.85. The lowest BCUT2D eigenvalue weighted by Gasteiger charge is -2.45. The van der Waals surface area contributed by atoms with Gasteiger partial charge in [0.15, 0.2) is 0 Å². The highest BCUT2D eigenvalue weighted by Gasteiger charge is 2.36. The summed E-state index contributed by atoms with van der Waals surface area (Å²) in [6.45, 7) is 2.19. The zero-order chi connectivity index (χ0) is 14.5. The van der Waals surface area contributed by atoms with Crippen LogP contribution < -0.4 is 5.73 Å². The van der Waals surface area contributed by atoms with E-state index in [9.17, 15) is 13.2 Å². The summed E-state index contributed by atoms with van der Waals surface area (Å²) in [6, 6.07) is 0. The van der Waals surface area contributed by atoms with E-state index in [1.54, 1.807) is 0 Å². The summed E-state index contributed by atoms with van der Waals surface area (Å²) < 4.78 is 40.5. The lowest BCUT2D eigenvalue weighted by Crippen LogP contribution is -2.54. The first kappa shape index (κ1) is 16.7. The molecule has 1 fully saturated rings. The van der Waals surface area contributed by atoms with Gasteiger partial charge in [-0.15, -0.1) is 0 Å². The number of nitrogens with zero attached hydrogens (tertiary/aromatic N) is 1. The Labute approximate surface area is 113 Å². The molecule has 0 unspecified atom stereocenters. The van der Waals surface area contributed by atoms with E-state index in [4.69, 9.17) is 5.73 Å². The standard InChI is InChI=1S/C13H25F3N2O/c1-11-3-5-12(9-17,6-4-11)18(2)7-8-19-10-13(14,15)16/h11H,3-10,17H2,1-2H3. The monoisotopic (exact) mass is 282 g/mol. The summed E-state index contributed by atoms with van der Waals surface area (Å²) in [7, 11) is 1.93. The molecule has 0 spiro atoms. The fourth-order valence-electron chi connectivity index (χ4n) is 2.67. The van der Waals surface area contributed by atoms with E-state index in [-0.39, 0.29) is 12.1 Å². The van der Waals surface area contributed by atoms with Crippen molar-refractivity contribution in [2.45, 2.75) is 44.3 Å². The number of likely N-dealkylation sites (N-methyl/N-ethyl adjacent to an activating group) is 1. The second kappa shape index (κ2) is 6.90. The van der Waals surface area contributed by atoms with E-state index in [0.29, 0.717) is 13.1 Å². The maximum absolute atomic E-state index is 12.0. The molecular formula is C13H25F3N2O. The molecule has 0 bridgehead atoms. The van der Waals surface area contributed by atoms with E-state index in [1.165, 1.54) is 0 Å². The first-order valence-electron chi connectivity index (χ1n) is 6.85. The Hall–Kier alpha value is -0.330. The Balaban J connectivity index is 2.36. The number of hydrogen-bond acceptors (Lipinski definition) is 3. The quantitative estimate of drug-likeness (QED) is 0.760. The van der Waals surface area contributed by atoms with Crippen molar-refractivity contribution in [3.8, 4) is 0 Å². The molecule has 2 N–H and O–H groups in total. The summed E-state index contributed by atoms with van der Waals surface area (Å²) in [5.41, 5.74) is 5.83. The number of rotatable bonds is 6. The van der Waals surface area contributed by atoms with Gasteiger partial charge in [-0.25, -0.2) is 0 Å². The van der Waals surface area contributed by atoms with Crippen LogP contribution in [-0.4, -0.2) is 50.0 Å². The third-order valence-electron chi connectivity index (χ3n) is 4.23. The fourth-order valence-corrected chi connectivity index (χ4v) is 2.67. The molecule has 0 aromatic heterocycles. The molecule has 0 atom stereocenters. The third kappa shape index (κ3) is 5.28. The van der Waals surface area contributed by atoms with E-state index in [1.807, 2.05) is 7.05 Å². The molecule has 1 saturated carbocycles. The molecular weight excluding hydrogens is 257 g/mol. The molecule has 0 aliphatic heterocycles. The van der Waals surface area contributed by atoms with E-state index < -0.39 is 12.8 Å². The molecule has 1 aliphatic rings. The lowest BCUT2D eigenvalue weighted by atomic mass is 9.76. The second-order valence-corrected chi connectivity index (χ2v) is 5.70. The van der Waals surface area contributed by atoms with Crippen LogP contribution in [-0.2, 0) is 4.74 Å². The van der Waals surface area contributed by atoms with Crippen LogP contribution >= 0.6 is 0 Å². The molecule has 0 saturated heterocycles. The third-order valence-corrected chi connectivity index (χ3v) is 4.23. The molecule has 6 heteroatoms. The minimum atomic E-state index is -4.25. The highest BCUT2D eigenvalue weighted by molar-refractivity contribution is 4.94. The number of halogens is 3.